The van der Waals surface area contributed by atoms with Gasteiger partial charge in [0.15, 0.2) is 5.13 Å². The van der Waals surface area contributed by atoms with Gasteiger partial charge >= 0.3 is 0 Å². The van der Waals surface area contributed by atoms with Crippen molar-refractivity contribution in [3.8, 4) is 0 Å². The van der Waals surface area contributed by atoms with Crippen LogP contribution in [-0.2, 0) is 11.2 Å². The number of rotatable bonds is 5. The predicted molar refractivity (Wildman–Crippen MR) is 110 cm³/mol. The summed E-state index contributed by atoms with van der Waals surface area (Å²) in [7, 11) is 0. The fourth-order valence-electron chi connectivity index (χ4n) is 2.23. The molecule has 0 spiro atoms. The lowest BCUT2D eigenvalue weighted by atomic mass is 10.1. The first-order valence-electron chi connectivity index (χ1n) is 7.63. The second-order valence-corrected chi connectivity index (χ2v) is 7.75. The molecule has 26 heavy (non-hydrogen) atoms. The fourth-order valence-corrected chi connectivity index (χ4v) is 3.63. The van der Waals surface area contributed by atoms with Crippen molar-refractivity contribution in [2.45, 2.75) is 6.42 Å². The van der Waals surface area contributed by atoms with Crippen LogP contribution in [0.5, 0.6) is 0 Å². The standard InChI is InChI=1S/C19H13Cl3N2OS/c20-14-6-7-17(22)13(9-14)5-8-18(25)24-19-23-11-15(26-19)10-12-3-1-2-4-16(12)21/h1-9,11H,10H2,(H,23,24,25)/b8-5-. The summed E-state index contributed by atoms with van der Waals surface area (Å²) in [5.41, 5.74) is 1.69. The molecule has 1 heterocycles. The van der Waals surface area contributed by atoms with Crippen molar-refractivity contribution >= 4 is 63.3 Å². The van der Waals surface area contributed by atoms with Crippen molar-refractivity contribution in [2.24, 2.45) is 0 Å². The molecule has 3 nitrogen and oxygen atoms in total. The molecule has 7 heteroatoms. The zero-order valence-electron chi connectivity index (χ0n) is 13.4. The van der Waals surface area contributed by atoms with Crippen LogP contribution in [0.1, 0.15) is 16.0 Å². The van der Waals surface area contributed by atoms with Crippen molar-refractivity contribution in [3.05, 3.63) is 85.8 Å². The van der Waals surface area contributed by atoms with Crippen molar-refractivity contribution < 1.29 is 4.79 Å². The Hall–Kier alpha value is -1.85. The number of amides is 1. The van der Waals surface area contributed by atoms with Gasteiger partial charge in [0.05, 0.1) is 0 Å². The van der Waals surface area contributed by atoms with E-state index in [0.717, 1.165) is 10.4 Å². The lowest BCUT2D eigenvalue weighted by molar-refractivity contribution is -0.111. The number of hydrogen-bond acceptors (Lipinski definition) is 3. The van der Waals surface area contributed by atoms with E-state index >= 15 is 0 Å². The van der Waals surface area contributed by atoms with E-state index in [2.05, 4.69) is 10.3 Å². The first kappa shape index (κ1) is 18.9. The highest BCUT2D eigenvalue weighted by Gasteiger charge is 2.07. The molecule has 1 aromatic heterocycles. The predicted octanol–water partition coefficient (Wildman–Crippen LogP) is 6.35. The molecular weight excluding hydrogens is 411 g/mol. The Morgan fingerprint density at radius 2 is 1.92 bits per heavy atom. The quantitative estimate of drug-likeness (QED) is 0.486. The summed E-state index contributed by atoms with van der Waals surface area (Å²) in [6.07, 6.45) is 5.41. The van der Waals surface area contributed by atoms with Crippen LogP contribution in [0.4, 0.5) is 5.13 Å². The summed E-state index contributed by atoms with van der Waals surface area (Å²) < 4.78 is 0. The number of carbonyl (C=O) groups is 1. The molecule has 0 aliphatic heterocycles. The third kappa shape index (κ3) is 5.08. The topological polar surface area (TPSA) is 42.0 Å². The maximum Gasteiger partial charge on any atom is 0.250 e. The number of anilines is 1. The largest absolute Gasteiger partial charge is 0.298 e. The number of nitrogens with one attached hydrogen (secondary N) is 1. The molecule has 0 fully saturated rings. The van der Waals surface area contributed by atoms with Crippen molar-refractivity contribution in [2.75, 3.05) is 5.32 Å². The Bertz CT molecular complexity index is 969. The highest BCUT2D eigenvalue weighted by atomic mass is 35.5. The number of nitrogens with zero attached hydrogens (tertiary/aromatic N) is 1. The number of aromatic nitrogens is 1. The van der Waals surface area contributed by atoms with Crippen molar-refractivity contribution in [1.29, 1.82) is 0 Å². The molecule has 1 N–H and O–H groups in total. The number of halogens is 3. The summed E-state index contributed by atoms with van der Waals surface area (Å²) in [4.78, 5) is 17.3. The fraction of sp³-hybridized carbons (Fsp3) is 0.0526. The molecule has 1 amide bonds. The van der Waals surface area contributed by atoms with E-state index in [4.69, 9.17) is 34.8 Å². The molecule has 3 aromatic rings. The van der Waals surface area contributed by atoms with Gasteiger partial charge in [-0.05, 0) is 41.5 Å². The second kappa shape index (κ2) is 8.69. The zero-order chi connectivity index (χ0) is 18.5. The Kier molecular flexibility index (Phi) is 6.33. The molecule has 0 aliphatic rings. The molecule has 0 atom stereocenters. The highest BCUT2D eigenvalue weighted by molar-refractivity contribution is 7.15. The summed E-state index contributed by atoms with van der Waals surface area (Å²) in [5, 5.41) is 5.06. The number of carbonyl (C=O) groups excluding carboxylic acids is 1. The van der Waals surface area contributed by atoms with Crippen LogP contribution in [-0.4, -0.2) is 10.9 Å². The van der Waals surface area contributed by atoms with Crippen molar-refractivity contribution in [1.82, 2.24) is 4.98 Å². The SMILES string of the molecule is O=C(/C=C\c1cc(Cl)ccc1Cl)Nc1ncc(Cc2ccccc2Cl)s1. The second-order valence-electron chi connectivity index (χ2n) is 5.39. The Labute approximate surface area is 170 Å². The van der Waals surface area contributed by atoms with Gasteiger partial charge in [-0.3, -0.25) is 10.1 Å². The van der Waals surface area contributed by atoms with Crippen molar-refractivity contribution in [3.63, 3.8) is 0 Å². The minimum Gasteiger partial charge on any atom is -0.298 e. The maximum absolute atomic E-state index is 12.1. The summed E-state index contributed by atoms with van der Waals surface area (Å²) >= 11 is 19.6. The van der Waals surface area contributed by atoms with Crippen LogP contribution in [0, 0.1) is 0 Å². The summed E-state index contributed by atoms with van der Waals surface area (Å²) in [6, 6.07) is 12.7. The van der Waals surface area contributed by atoms with Gasteiger partial charge in [0.25, 0.3) is 0 Å². The Morgan fingerprint density at radius 1 is 1.12 bits per heavy atom. The van der Waals surface area contributed by atoms with E-state index in [9.17, 15) is 4.79 Å². The van der Waals surface area contributed by atoms with E-state index in [1.165, 1.54) is 17.4 Å². The molecule has 132 valence electrons. The molecular formula is C19H13Cl3N2OS. The van der Waals surface area contributed by atoms with Crippen LogP contribution in [0.2, 0.25) is 15.1 Å². The smallest absolute Gasteiger partial charge is 0.250 e. The maximum atomic E-state index is 12.1. The summed E-state index contributed by atoms with van der Waals surface area (Å²) in [5.74, 6) is -0.292. The molecule has 0 radical (unpaired) electrons. The van der Waals surface area contributed by atoms with E-state index < -0.39 is 0 Å². The van der Waals surface area contributed by atoms with Gasteiger partial charge in [0, 0.05) is 38.6 Å². The minimum absolute atomic E-state index is 0.292. The van der Waals surface area contributed by atoms with Gasteiger partial charge in [0.2, 0.25) is 5.91 Å². The molecule has 0 saturated heterocycles. The number of thiazole rings is 1. The molecule has 0 saturated carbocycles. The van der Waals surface area contributed by atoms with Gasteiger partial charge in [-0.1, -0.05) is 53.0 Å². The van der Waals surface area contributed by atoms with Gasteiger partial charge in [-0.2, -0.15) is 0 Å². The lowest BCUT2D eigenvalue weighted by Gasteiger charge is -2.01. The van der Waals surface area contributed by atoms with E-state index in [1.54, 1.807) is 30.5 Å². The average molecular weight is 424 g/mol. The van der Waals surface area contributed by atoms with Crippen LogP contribution < -0.4 is 5.32 Å². The lowest BCUT2D eigenvalue weighted by Crippen LogP contribution is -2.07. The van der Waals surface area contributed by atoms with Gasteiger partial charge in [0.1, 0.15) is 0 Å². The van der Waals surface area contributed by atoms with Gasteiger partial charge in [-0.15, -0.1) is 11.3 Å². The van der Waals surface area contributed by atoms with Crippen LogP contribution in [0.3, 0.4) is 0 Å². The van der Waals surface area contributed by atoms with Gasteiger partial charge in [-0.25, -0.2) is 4.98 Å². The Morgan fingerprint density at radius 3 is 2.73 bits per heavy atom. The zero-order valence-corrected chi connectivity index (χ0v) is 16.5. The molecule has 0 bridgehead atoms. The normalized spacial score (nSPS) is 11.0. The monoisotopic (exact) mass is 422 g/mol. The first-order valence-corrected chi connectivity index (χ1v) is 9.58. The van der Waals surface area contributed by atoms with Crippen LogP contribution >= 0.6 is 46.1 Å². The molecule has 2 aromatic carbocycles. The third-order valence-electron chi connectivity index (χ3n) is 3.48. The Balaban J connectivity index is 1.63. The van der Waals surface area contributed by atoms with E-state index in [0.29, 0.717) is 32.2 Å². The summed E-state index contributed by atoms with van der Waals surface area (Å²) in [6.45, 7) is 0. The third-order valence-corrected chi connectivity index (χ3v) is 5.34. The van der Waals surface area contributed by atoms with E-state index in [1.807, 2.05) is 24.3 Å². The number of benzene rings is 2. The van der Waals surface area contributed by atoms with Gasteiger partial charge < -0.3 is 0 Å². The number of hydrogen-bond donors (Lipinski definition) is 1. The first-order chi connectivity index (χ1) is 12.5. The van der Waals surface area contributed by atoms with Crippen LogP contribution in [0.15, 0.2) is 54.7 Å². The molecule has 0 unspecified atom stereocenters. The van der Waals surface area contributed by atoms with Crippen LogP contribution in [0.25, 0.3) is 6.08 Å². The molecule has 0 aliphatic carbocycles. The van der Waals surface area contributed by atoms with E-state index in [-0.39, 0.29) is 5.91 Å². The minimum atomic E-state index is -0.292. The molecule has 3 rings (SSSR count). The highest BCUT2D eigenvalue weighted by Crippen LogP contribution is 2.25. The average Bonchev–Trinajstić information content (AvgIpc) is 3.04.